The minimum Gasteiger partial charge on any atom is -0.366 e. The summed E-state index contributed by atoms with van der Waals surface area (Å²) in [5, 5.41) is 0.230. The van der Waals surface area contributed by atoms with Crippen LogP contribution < -0.4 is 5.73 Å². The average Bonchev–Trinajstić information content (AvgIpc) is 2.18. The molecule has 0 fully saturated rings. The van der Waals surface area contributed by atoms with Gasteiger partial charge in [-0.1, -0.05) is 59.4 Å². The summed E-state index contributed by atoms with van der Waals surface area (Å²) >= 11 is 25.0. The molecule has 0 saturated carbocycles. The molecule has 0 saturated heterocycles. The van der Waals surface area contributed by atoms with Gasteiger partial charge in [-0.25, -0.2) is 0 Å². The van der Waals surface area contributed by atoms with Gasteiger partial charge in [-0.3, -0.25) is 4.79 Å². The third-order valence-electron chi connectivity index (χ3n) is 1.96. The van der Waals surface area contributed by atoms with E-state index in [2.05, 4.69) is 0 Å². The molecule has 0 heterocycles. The Labute approximate surface area is 124 Å². The zero-order valence-electron chi connectivity index (χ0n) is 8.77. The highest BCUT2D eigenvalue weighted by atomic mass is 35.6. The summed E-state index contributed by atoms with van der Waals surface area (Å²) in [4.78, 5) is 11.7. The number of carbonyl (C=O) groups excluding carboxylic acids is 1. The molecule has 0 unspecified atom stereocenters. The molecule has 2 N–H and O–H groups in total. The predicted molar refractivity (Wildman–Crippen MR) is 75.6 cm³/mol. The van der Waals surface area contributed by atoms with E-state index in [4.69, 9.17) is 52.1 Å². The molecule has 0 atom stereocenters. The molecule has 1 aromatic carbocycles. The van der Waals surface area contributed by atoms with Gasteiger partial charge < -0.3 is 5.73 Å². The smallest absolute Gasteiger partial charge is 0.250 e. The lowest BCUT2D eigenvalue weighted by Gasteiger charge is -2.18. The first kappa shape index (κ1) is 15.3. The summed E-state index contributed by atoms with van der Waals surface area (Å²) in [5.41, 5.74) is 5.88. The molecule has 0 aliphatic rings. The van der Waals surface area contributed by atoms with Crippen molar-refractivity contribution in [3.05, 3.63) is 28.3 Å². The summed E-state index contributed by atoms with van der Waals surface area (Å²) in [7, 11) is 0. The average molecular weight is 333 g/mol. The molecule has 94 valence electrons. The summed E-state index contributed by atoms with van der Waals surface area (Å²) in [6, 6.07) is 3.01. The summed E-state index contributed by atoms with van der Waals surface area (Å²) in [5.74, 6) is 0.124. The molecule has 0 aliphatic heterocycles. The zero-order valence-corrected chi connectivity index (χ0v) is 12.6. The lowest BCUT2D eigenvalue weighted by atomic mass is 10.1. The molecule has 7 heteroatoms. The van der Waals surface area contributed by atoms with Gasteiger partial charge in [0.05, 0.1) is 10.6 Å². The molecule has 0 aliphatic carbocycles. The van der Waals surface area contributed by atoms with Crippen LogP contribution in [0.2, 0.25) is 5.02 Å². The number of hydrogen-bond donors (Lipinski definition) is 1. The Bertz CT molecular complexity index is 445. The first-order valence-corrected chi connectivity index (χ1v) is 7.11. The van der Waals surface area contributed by atoms with E-state index < -0.39 is 9.70 Å². The van der Waals surface area contributed by atoms with Crippen LogP contribution in [0.5, 0.6) is 0 Å². The number of primary amides is 1. The Morgan fingerprint density at radius 1 is 1.41 bits per heavy atom. The number of amides is 1. The summed E-state index contributed by atoms with van der Waals surface area (Å²) in [6.45, 7) is 1.93. The van der Waals surface area contributed by atoms with Crippen LogP contribution in [0.1, 0.15) is 22.8 Å². The van der Waals surface area contributed by atoms with Crippen molar-refractivity contribution in [3.8, 4) is 0 Å². The van der Waals surface area contributed by atoms with E-state index >= 15 is 0 Å². The number of hydrogen-bond acceptors (Lipinski definition) is 2. The van der Waals surface area contributed by atoms with Crippen LogP contribution in [-0.2, 0) is 3.79 Å². The topological polar surface area (TPSA) is 43.1 Å². The highest BCUT2D eigenvalue weighted by molar-refractivity contribution is 7.99. The van der Waals surface area contributed by atoms with Gasteiger partial charge in [0.2, 0.25) is 9.70 Å². The highest BCUT2D eigenvalue weighted by Gasteiger charge is 2.29. The Morgan fingerprint density at radius 3 is 2.41 bits per heavy atom. The maximum atomic E-state index is 11.2. The van der Waals surface area contributed by atoms with Gasteiger partial charge in [-0.15, -0.1) is 11.8 Å². The minimum absolute atomic E-state index is 0.223. The van der Waals surface area contributed by atoms with Gasteiger partial charge in [0.15, 0.2) is 0 Å². The van der Waals surface area contributed by atoms with Crippen molar-refractivity contribution in [2.75, 3.05) is 5.75 Å². The fourth-order valence-electron chi connectivity index (χ4n) is 1.26. The molecular weight excluding hydrogens is 324 g/mol. The lowest BCUT2D eigenvalue weighted by molar-refractivity contribution is 0.1000. The molecule has 1 rings (SSSR count). The first-order chi connectivity index (χ1) is 7.79. The van der Waals surface area contributed by atoms with E-state index in [0.717, 1.165) is 5.75 Å². The van der Waals surface area contributed by atoms with E-state index in [1.54, 1.807) is 6.07 Å². The number of benzene rings is 1. The maximum Gasteiger partial charge on any atom is 0.250 e. The number of rotatable bonds is 3. The largest absolute Gasteiger partial charge is 0.366 e. The fourth-order valence-corrected chi connectivity index (χ4v) is 3.22. The second-order valence-electron chi connectivity index (χ2n) is 3.10. The van der Waals surface area contributed by atoms with Crippen LogP contribution in [-0.4, -0.2) is 11.7 Å². The predicted octanol–water partition coefficient (Wildman–Crippen LogP) is 4.38. The lowest BCUT2D eigenvalue weighted by Crippen LogP contribution is -2.13. The van der Waals surface area contributed by atoms with Gasteiger partial charge in [-0.2, -0.15) is 0 Å². The molecule has 0 aromatic heterocycles. The first-order valence-electron chi connectivity index (χ1n) is 4.61. The van der Waals surface area contributed by atoms with Gasteiger partial charge in [0, 0.05) is 10.5 Å². The molecule has 1 amide bonds. The molecule has 17 heavy (non-hydrogen) atoms. The quantitative estimate of drug-likeness (QED) is 0.659. The van der Waals surface area contributed by atoms with E-state index in [0.29, 0.717) is 10.5 Å². The van der Waals surface area contributed by atoms with Crippen molar-refractivity contribution in [1.29, 1.82) is 0 Å². The van der Waals surface area contributed by atoms with Gasteiger partial charge in [0.1, 0.15) is 0 Å². The fraction of sp³-hybridized carbons (Fsp3) is 0.300. The Hall–Kier alpha value is 0.200. The summed E-state index contributed by atoms with van der Waals surface area (Å²) in [6.07, 6.45) is 0. The van der Waals surface area contributed by atoms with Crippen LogP contribution in [0, 0.1) is 0 Å². The van der Waals surface area contributed by atoms with Crippen molar-refractivity contribution in [1.82, 2.24) is 0 Å². The van der Waals surface area contributed by atoms with E-state index in [-0.39, 0.29) is 10.6 Å². The number of nitrogens with two attached hydrogens (primary N) is 1. The second kappa shape index (κ2) is 5.89. The van der Waals surface area contributed by atoms with Crippen molar-refractivity contribution < 1.29 is 4.79 Å². The molecule has 1 aromatic rings. The number of carbonyl (C=O) groups is 1. The van der Waals surface area contributed by atoms with Gasteiger partial charge >= 0.3 is 0 Å². The van der Waals surface area contributed by atoms with Gasteiger partial charge in [-0.05, 0) is 11.8 Å². The normalized spacial score (nSPS) is 11.6. The van der Waals surface area contributed by atoms with Crippen molar-refractivity contribution in [2.24, 2.45) is 5.73 Å². The van der Waals surface area contributed by atoms with Crippen LogP contribution in [0.3, 0.4) is 0 Å². The maximum absolute atomic E-state index is 11.2. The van der Waals surface area contributed by atoms with Crippen LogP contribution >= 0.6 is 58.2 Å². The molecule has 0 spiro atoms. The van der Waals surface area contributed by atoms with E-state index in [1.165, 1.54) is 17.8 Å². The third-order valence-corrected chi connectivity index (χ3v) is 4.07. The molecule has 2 nitrogen and oxygen atoms in total. The number of halogens is 4. The SMILES string of the molecule is CCSc1c(C(Cl)(Cl)Cl)ccc(C(N)=O)c1Cl. The zero-order chi connectivity index (χ0) is 13.2. The van der Waals surface area contributed by atoms with Gasteiger partial charge in [0.25, 0.3) is 0 Å². The van der Waals surface area contributed by atoms with Crippen LogP contribution in [0.15, 0.2) is 17.0 Å². The monoisotopic (exact) mass is 331 g/mol. The molecule has 0 radical (unpaired) electrons. The van der Waals surface area contributed by atoms with Crippen molar-refractivity contribution >= 4 is 64.1 Å². The second-order valence-corrected chi connectivity index (χ2v) is 7.03. The van der Waals surface area contributed by atoms with E-state index in [9.17, 15) is 4.79 Å². The minimum atomic E-state index is -1.59. The van der Waals surface area contributed by atoms with Crippen LogP contribution in [0.4, 0.5) is 0 Å². The number of alkyl halides is 3. The highest BCUT2D eigenvalue weighted by Crippen LogP contribution is 2.46. The Kier molecular flexibility index (Phi) is 5.29. The summed E-state index contributed by atoms with van der Waals surface area (Å²) < 4.78 is -1.59. The molecule has 0 bridgehead atoms. The number of thioether (sulfide) groups is 1. The third kappa shape index (κ3) is 3.58. The van der Waals surface area contributed by atoms with Crippen molar-refractivity contribution in [3.63, 3.8) is 0 Å². The Balaban J connectivity index is 3.45. The van der Waals surface area contributed by atoms with Crippen LogP contribution in [0.25, 0.3) is 0 Å². The molecular formula is C10H9Cl4NOS. The van der Waals surface area contributed by atoms with E-state index in [1.807, 2.05) is 6.92 Å². The standard InChI is InChI=1S/C10H9Cl4NOS/c1-2-17-8-6(10(12,13)14)4-3-5(7(8)11)9(15)16/h3-4H,2H2,1H3,(H2,15,16). The Morgan fingerprint density at radius 2 is 2.00 bits per heavy atom. The van der Waals surface area contributed by atoms with Crippen molar-refractivity contribution in [2.45, 2.75) is 15.6 Å².